The van der Waals surface area contributed by atoms with Gasteiger partial charge >= 0.3 is 0 Å². The number of hydrogen-bond acceptors (Lipinski definition) is 4. The molecule has 5 nitrogen and oxygen atoms in total. The number of amides is 1. The van der Waals surface area contributed by atoms with Crippen molar-refractivity contribution in [1.29, 1.82) is 0 Å². The summed E-state index contributed by atoms with van der Waals surface area (Å²) in [5.74, 6) is 0.470. The zero-order valence-electron chi connectivity index (χ0n) is 12.1. The van der Waals surface area contributed by atoms with Crippen LogP contribution in [-0.4, -0.2) is 16.1 Å². The maximum Gasteiger partial charge on any atom is 0.230 e. The molecule has 110 valence electrons. The summed E-state index contributed by atoms with van der Waals surface area (Å²) >= 11 is 0. The van der Waals surface area contributed by atoms with E-state index in [1.807, 2.05) is 20.8 Å². The first-order valence-electron chi connectivity index (χ1n) is 6.52. The first-order chi connectivity index (χ1) is 9.84. The number of halogens is 1. The Labute approximate surface area is 122 Å². The fraction of sp³-hybridized carbons (Fsp3) is 0.267. The van der Waals surface area contributed by atoms with Gasteiger partial charge in [-0.15, -0.1) is 10.2 Å². The number of nitrogens with zero attached hydrogens (tertiary/aromatic N) is 2. The highest BCUT2D eigenvalue weighted by molar-refractivity contribution is 5.93. The molecule has 1 amide bonds. The fourth-order valence-electron chi connectivity index (χ4n) is 1.45. The molecule has 0 fully saturated rings. The lowest BCUT2D eigenvalue weighted by atomic mass is 9.96. The molecule has 0 bridgehead atoms. The van der Waals surface area contributed by atoms with Crippen LogP contribution in [0.4, 0.5) is 21.7 Å². The second-order valence-corrected chi connectivity index (χ2v) is 5.64. The van der Waals surface area contributed by atoms with Crippen LogP contribution in [0.25, 0.3) is 0 Å². The predicted octanol–water partition coefficient (Wildman–Crippen LogP) is 3.34. The molecule has 1 aromatic heterocycles. The number of benzene rings is 1. The second-order valence-electron chi connectivity index (χ2n) is 5.64. The molecule has 21 heavy (non-hydrogen) atoms. The summed E-state index contributed by atoms with van der Waals surface area (Å²) in [6.45, 7) is 5.46. The topological polar surface area (TPSA) is 66.9 Å². The van der Waals surface area contributed by atoms with Crippen LogP contribution in [0.3, 0.4) is 0 Å². The molecule has 0 radical (unpaired) electrons. The van der Waals surface area contributed by atoms with Crippen molar-refractivity contribution in [3.05, 3.63) is 42.2 Å². The monoisotopic (exact) mass is 288 g/mol. The quantitative estimate of drug-likeness (QED) is 0.909. The SMILES string of the molecule is CC(C)(C)C(=O)Nc1ccc(Nc2ccc(F)cc2)nn1. The minimum Gasteiger partial charge on any atom is -0.339 e. The molecule has 0 atom stereocenters. The van der Waals surface area contributed by atoms with Gasteiger partial charge in [-0.2, -0.15) is 0 Å². The molecule has 0 aliphatic rings. The Balaban J connectivity index is 2.02. The van der Waals surface area contributed by atoms with Crippen LogP contribution in [-0.2, 0) is 4.79 Å². The van der Waals surface area contributed by atoms with Crippen molar-refractivity contribution in [3.8, 4) is 0 Å². The third-order valence-corrected chi connectivity index (χ3v) is 2.70. The van der Waals surface area contributed by atoms with Gasteiger partial charge in [0.2, 0.25) is 5.91 Å². The number of nitrogens with one attached hydrogen (secondary N) is 2. The van der Waals surface area contributed by atoms with Gasteiger partial charge in [-0.05, 0) is 36.4 Å². The van der Waals surface area contributed by atoms with Crippen molar-refractivity contribution < 1.29 is 9.18 Å². The Hall–Kier alpha value is -2.50. The number of hydrogen-bond donors (Lipinski definition) is 2. The molecule has 0 spiro atoms. The average Bonchev–Trinajstić information content (AvgIpc) is 2.42. The van der Waals surface area contributed by atoms with Crippen molar-refractivity contribution in [1.82, 2.24) is 10.2 Å². The van der Waals surface area contributed by atoms with Crippen molar-refractivity contribution in [3.63, 3.8) is 0 Å². The van der Waals surface area contributed by atoms with Gasteiger partial charge in [0, 0.05) is 11.1 Å². The summed E-state index contributed by atoms with van der Waals surface area (Å²) in [5, 5.41) is 13.6. The van der Waals surface area contributed by atoms with Gasteiger partial charge in [-0.1, -0.05) is 20.8 Å². The van der Waals surface area contributed by atoms with Crippen molar-refractivity contribution in [2.24, 2.45) is 5.41 Å². The van der Waals surface area contributed by atoms with E-state index in [9.17, 15) is 9.18 Å². The molecule has 0 saturated heterocycles. The maximum absolute atomic E-state index is 12.8. The van der Waals surface area contributed by atoms with E-state index in [2.05, 4.69) is 20.8 Å². The molecule has 6 heteroatoms. The number of carbonyl (C=O) groups is 1. The smallest absolute Gasteiger partial charge is 0.230 e. The van der Waals surface area contributed by atoms with E-state index in [4.69, 9.17) is 0 Å². The first kappa shape index (κ1) is 14.9. The predicted molar refractivity (Wildman–Crippen MR) is 79.8 cm³/mol. The minimum atomic E-state index is -0.493. The van der Waals surface area contributed by atoms with Crippen molar-refractivity contribution in [2.45, 2.75) is 20.8 Å². The molecule has 2 aromatic rings. The lowest BCUT2D eigenvalue weighted by Crippen LogP contribution is -2.28. The van der Waals surface area contributed by atoms with Crippen LogP contribution in [0, 0.1) is 11.2 Å². The molecule has 1 aromatic carbocycles. The zero-order valence-corrected chi connectivity index (χ0v) is 12.1. The summed E-state index contributed by atoms with van der Waals surface area (Å²) in [6.07, 6.45) is 0. The van der Waals surface area contributed by atoms with Crippen LogP contribution in [0.1, 0.15) is 20.8 Å². The van der Waals surface area contributed by atoms with Gasteiger partial charge in [0.05, 0.1) is 0 Å². The van der Waals surface area contributed by atoms with Crippen LogP contribution in [0.15, 0.2) is 36.4 Å². The van der Waals surface area contributed by atoms with Crippen LogP contribution >= 0.6 is 0 Å². The summed E-state index contributed by atoms with van der Waals surface area (Å²) in [4.78, 5) is 11.8. The van der Waals surface area contributed by atoms with E-state index in [0.29, 0.717) is 17.3 Å². The molecule has 0 aliphatic heterocycles. The van der Waals surface area contributed by atoms with E-state index in [-0.39, 0.29) is 11.7 Å². The Bertz CT molecular complexity index is 618. The molecular formula is C15H17FN4O. The Morgan fingerprint density at radius 3 is 2.10 bits per heavy atom. The second kappa shape index (κ2) is 5.87. The molecule has 2 rings (SSSR count). The highest BCUT2D eigenvalue weighted by Crippen LogP contribution is 2.18. The highest BCUT2D eigenvalue weighted by atomic mass is 19.1. The minimum absolute atomic E-state index is 0.129. The number of anilines is 3. The van der Waals surface area contributed by atoms with Crippen LogP contribution < -0.4 is 10.6 Å². The van der Waals surface area contributed by atoms with Gasteiger partial charge in [0.15, 0.2) is 11.6 Å². The highest BCUT2D eigenvalue weighted by Gasteiger charge is 2.21. The van der Waals surface area contributed by atoms with E-state index in [1.165, 1.54) is 12.1 Å². The average molecular weight is 288 g/mol. The largest absolute Gasteiger partial charge is 0.339 e. The summed E-state index contributed by atoms with van der Waals surface area (Å²) in [7, 11) is 0. The maximum atomic E-state index is 12.8. The summed E-state index contributed by atoms with van der Waals surface area (Å²) < 4.78 is 12.8. The van der Waals surface area contributed by atoms with Gasteiger partial charge in [0.25, 0.3) is 0 Å². The molecular weight excluding hydrogens is 271 g/mol. The van der Waals surface area contributed by atoms with E-state index >= 15 is 0 Å². The van der Waals surface area contributed by atoms with E-state index in [1.54, 1.807) is 24.3 Å². The van der Waals surface area contributed by atoms with Gasteiger partial charge in [-0.3, -0.25) is 4.79 Å². The molecule has 0 aliphatic carbocycles. The lowest BCUT2D eigenvalue weighted by Gasteiger charge is -2.16. The van der Waals surface area contributed by atoms with Crippen molar-refractivity contribution in [2.75, 3.05) is 10.6 Å². The first-order valence-corrected chi connectivity index (χ1v) is 6.52. The van der Waals surface area contributed by atoms with Gasteiger partial charge in [-0.25, -0.2) is 4.39 Å². The van der Waals surface area contributed by atoms with E-state index < -0.39 is 5.41 Å². The normalized spacial score (nSPS) is 11.0. The third-order valence-electron chi connectivity index (χ3n) is 2.70. The Morgan fingerprint density at radius 1 is 1.00 bits per heavy atom. The summed E-state index contributed by atoms with van der Waals surface area (Å²) in [6, 6.07) is 9.26. The summed E-state index contributed by atoms with van der Waals surface area (Å²) in [5.41, 5.74) is 0.212. The number of carbonyl (C=O) groups excluding carboxylic acids is 1. The van der Waals surface area contributed by atoms with Crippen molar-refractivity contribution >= 4 is 23.2 Å². The fourth-order valence-corrected chi connectivity index (χ4v) is 1.45. The van der Waals surface area contributed by atoms with Crippen LogP contribution in [0.2, 0.25) is 0 Å². The Kier molecular flexibility index (Phi) is 4.16. The zero-order chi connectivity index (χ0) is 15.5. The third kappa shape index (κ3) is 4.24. The number of aromatic nitrogens is 2. The van der Waals surface area contributed by atoms with Crippen LogP contribution in [0.5, 0.6) is 0 Å². The lowest BCUT2D eigenvalue weighted by molar-refractivity contribution is -0.123. The molecule has 0 saturated carbocycles. The molecule has 2 N–H and O–H groups in total. The van der Waals surface area contributed by atoms with Gasteiger partial charge < -0.3 is 10.6 Å². The number of rotatable bonds is 3. The molecule has 1 heterocycles. The molecule has 0 unspecified atom stereocenters. The van der Waals surface area contributed by atoms with Gasteiger partial charge in [0.1, 0.15) is 5.82 Å². The standard InChI is InChI=1S/C15H17FN4O/c1-15(2,3)14(21)18-13-9-8-12(19-20-13)17-11-6-4-10(16)5-7-11/h4-9H,1-3H3,(H,17,19)(H,18,20,21). The Morgan fingerprint density at radius 2 is 1.57 bits per heavy atom. The van der Waals surface area contributed by atoms with E-state index in [0.717, 1.165) is 0 Å².